The lowest BCUT2D eigenvalue weighted by Crippen LogP contribution is -2.04. The fourth-order valence-electron chi connectivity index (χ4n) is 2.29. The Hall–Kier alpha value is -2.46. The quantitative estimate of drug-likeness (QED) is 0.462. The lowest BCUT2D eigenvalue weighted by Gasteiger charge is -2.09. The Balaban J connectivity index is 1.75. The van der Waals surface area contributed by atoms with Crippen LogP contribution in [0.4, 0.5) is 0 Å². The summed E-state index contributed by atoms with van der Waals surface area (Å²) in [5, 5.41) is 0. The summed E-state index contributed by atoms with van der Waals surface area (Å²) in [7, 11) is 0. The van der Waals surface area contributed by atoms with E-state index in [1.807, 2.05) is 24.3 Å². The second-order valence-electron chi connectivity index (χ2n) is 5.47. The second-order valence-corrected chi connectivity index (χ2v) is 6.22. The van der Waals surface area contributed by atoms with Gasteiger partial charge in [-0.25, -0.2) is 4.98 Å². The van der Waals surface area contributed by atoms with E-state index in [2.05, 4.69) is 40.0 Å². The SMILES string of the molecule is Cc1ccc(COc2cccc(C(=O)c3cccnc3Br)c2)cc1. The minimum atomic E-state index is -0.0873. The molecule has 0 aliphatic rings. The van der Waals surface area contributed by atoms with Gasteiger partial charge in [-0.15, -0.1) is 0 Å². The van der Waals surface area contributed by atoms with Gasteiger partial charge in [0.05, 0.1) is 5.56 Å². The third-order valence-corrected chi connectivity index (χ3v) is 4.26. The normalized spacial score (nSPS) is 10.4. The molecule has 0 N–H and O–H groups in total. The Labute approximate surface area is 149 Å². The summed E-state index contributed by atoms with van der Waals surface area (Å²) in [5.74, 6) is 0.581. The van der Waals surface area contributed by atoms with Gasteiger partial charge in [-0.05, 0) is 52.7 Å². The molecule has 0 fully saturated rings. The van der Waals surface area contributed by atoms with Gasteiger partial charge in [-0.3, -0.25) is 4.79 Å². The number of rotatable bonds is 5. The van der Waals surface area contributed by atoms with Gasteiger partial charge in [0.25, 0.3) is 0 Å². The van der Waals surface area contributed by atoms with Crippen molar-refractivity contribution in [2.75, 3.05) is 0 Å². The van der Waals surface area contributed by atoms with Gasteiger partial charge in [0.15, 0.2) is 5.78 Å². The minimum absolute atomic E-state index is 0.0873. The monoisotopic (exact) mass is 381 g/mol. The molecule has 0 radical (unpaired) electrons. The molecule has 0 saturated heterocycles. The predicted molar refractivity (Wildman–Crippen MR) is 97.3 cm³/mol. The van der Waals surface area contributed by atoms with Crippen LogP contribution in [0, 0.1) is 6.92 Å². The number of hydrogen-bond acceptors (Lipinski definition) is 3. The van der Waals surface area contributed by atoms with Crippen LogP contribution in [-0.4, -0.2) is 10.8 Å². The average Bonchev–Trinajstić information content (AvgIpc) is 2.61. The molecule has 4 heteroatoms. The second kappa shape index (κ2) is 7.41. The molecule has 0 unspecified atom stereocenters. The van der Waals surface area contributed by atoms with Crippen molar-refractivity contribution in [2.24, 2.45) is 0 Å². The van der Waals surface area contributed by atoms with Crippen LogP contribution >= 0.6 is 15.9 Å². The Morgan fingerprint density at radius 3 is 2.62 bits per heavy atom. The highest BCUT2D eigenvalue weighted by atomic mass is 79.9. The highest BCUT2D eigenvalue weighted by Gasteiger charge is 2.13. The number of halogens is 1. The lowest BCUT2D eigenvalue weighted by molar-refractivity contribution is 0.103. The molecule has 3 nitrogen and oxygen atoms in total. The molecule has 2 aromatic carbocycles. The van der Waals surface area contributed by atoms with Crippen molar-refractivity contribution in [2.45, 2.75) is 13.5 Å². The van der Waals surface area contributed by atoms with Gasteiger partial charge in [0.1, 0.15) is 17.0 Å². The fourth-order valence-corrected chi connectivity index (χ4v) is 2.72. The van der Waals surface area contributed by atoms with E-state index in [4.69, 9.17) is 4.74 Å². The van der Waals surface area contributed by atoms with E-state index in [1.165, 1.54) is 5.56 Å². The van der Waals surface area contributed by atoms with E-state index in [0.29, 0.717) is 28.1 Å². The first kappa shape index (κ1) is 16.4. The Morgan fingerprint density at radius 2 is 1.88 bits per heavy atom. The number of benzene rings is 2. The number of nitrogens with zero attached hydrogens (tertiary/aromatic N) is 1. The van der Waals surface area contributed by atoms with E-state index < -0.39 is 0 Å². The van der Waals surface area contributed by atoms with Gasteiger partial charge >= 0.3 is 0 Å². The standard InChI is InChI=1S/C20H16BrNO2/c1-14-7-9-15(10-8-14)13-24-17-5-2-4-16(12-17)19(23)18-6-3-11-22-20(18)21/h2-12H,13H2,1H3. The first-order valence-electron chi connectivity index (χ1n) is 7.57. The van der Waals surface area contributed by atoms with Crippen molar-refractivity contribution in [1.82, 2.24) is 4.98 Å². The lowest BCUT2D eigenvalue weighted by atomic mass is 10.1. The molecule has 0 amide bonds. The summed E-state index contributed by atoms with van der Waals surface area (Å²) < 4.78 is 6.35. The van der Waals surface area contributed by atoms with Gasteiger partial charge in [0.2, 0.25) is 0 Å². The summed E-state index contributed by atoms with van der Waals surface area (Å²) in [5.41, 5.74) is 3.42. The molecule has 0 saturated carbocycles. The van der Waals surface area contributed by atoms with Crippen molar-refractivity contribution in [3.05, 3.63) is 93.7 Å². The molecular weight excluding hydrogens is 366 g/mol. The number of pyridine rings is 1. The number of hydrogen-bond donors (Lipinski definition) is 0. The summed E-state index contributed by atoms with van der Waals surface area (Å²) in [6.07, 6.45) is 1.64. The Morgan fingerprint density at radius 1 is 1.08 bits per heavy atom. The highest BCUT2D eigenvalue weighted by molar-refractivity contribution is 9.10. The maximum absolute atomic E-state index is 12.6. The van der Waals surface area contributed by atoms with Crippen LogP contribution in [0.1, 0.15) is 27.0 Å². The third-order valence-electron chi connectivity index (χ3n) is 3.63. The van der Waals surface area contributed by atoms with Crippen molar-refractivity contribution >= 4 is 21.7 Å². The highest BCUT2D eigenvalue weighted by Crippen LogP contribution is 2.21. The van der Waals surface area contributed by atoms with Crippen LogP contribution < -0.4 is 4.74 Å². The molecule has 3 aromatic rings. The molecule has 0 spiro atoms. The van der Waals surface area contributed by atoms with E-state index >= 15 is 0 Å². The predicted octanol–water partition coefficient (Wildman–Crippen LogP) is 4.96. The average molecular weight is 382 g/mol. The molecule has 1 aromatic heterocycles. The maximum Gasteiger partial charge on any atom is 0.195 e. The van der Waals surface area contributed by atoms with Crippen molar-refractivity contribution in [1.29, 1.82) is 0 Å². The zero-order valence-corrected chi connectivity index (χ0v) is 14.8. The summed E-state index contributed by atoms with van der Waals surface area (Å²) in [4.78, 5) is 16.7. The molecular formula is C20H16BrNO2. The smallest absolute Gasteiger partial charge is 0.195 e. The molecule has 24 heavy (non-hydrogen) atoms. The summed E-state index contributed by atoms with van der Waals surface area (Å²) >= 11 is 3.32. The number of aryl methyl sites for hydroxylation is 1. The van der Waals surface area contributed by atoms with Gasteiger partial charge in [-0.1, -0.05) is 42.0 Å². The van der Waals surface area contributed by atoms with Crippen LogP contribution in [-0.2, 0) is 6.61 Å². The molecule has 0 aliphatic carbocycles. The summed E-state index contributed by atoms with van der Waals surface area (Å²) in [6.45, 7) is 2.52. The number of ketones is 1. The van der Waals surface area contributed by atoms with E-state index in [1.54, 1.807) is 30.5 Å². The van der Waals surface area contributed by atoms with Gasteiger partial charge in [-0.2, -0.15) is 0 Å². The number of carbonyl (C=O) groups excluding carboxylic acids is 1. The number of ether oxygens (including phenoxy) is 1. The van der Waals surface area contributed by atoms with Crippen molar-refractivity contribution < 1.29 is 9.53 Å². The molecule has 1 heterocycles. The summed E-state index contributed by atoms with van der Waals surface area (Å²) in [6, 6.07) is 18.9. The van der Waals surface area contributed by atoms with Crippen LogP contribution in [0.25, 0.3) is 0 Å². The zero-order valence-electron chi connectivity index (χ0n) is 13.2. The minimum Gasteiger partial charge on any atom is -0.489 e. The molecule has 0 atom stereocenters. The molecule has 0 bridgehead atoms. The van der Waals surface area contributed by atoms with Crippen molar-refractivity contribution in [3.8, 4) is 5.75 Å². The van der Waals surface area contributed by atoms with E-state index in [9.17, 15) is 4.79 Å². The van der Waals surface area contributed by atoms with Crippen LogP contribution in [0.3, 0.4) is 0 Å². The van der Waals surface area contributed by atoms with Gasteiger partial charge in [0, 0.05) is 11.8 Å². The first-order valence-corrected chi connectivity index (χ1v) is 8.36. The van der Waals surface area contributed by atoms with Gasteiger partial charge < -0.3 is 4.74 Å². The molecule has 0 aliphatic heterocycles. The zero-order chi connectivity index (χ0) is 16.9. The first-order chi connectivity index (χ1) is 11.6. The number of carbonyl (C=O) groups is 1. The maximum atomic E-state index is 12.6. The van der Waals surface area contributed by atoms with Crippen LogP contribution in [0.15, 0.2) is 71.5 Å². The Kier molecular flexibility index (Phi) is 5.06. The molecule has 3 rings (SSSR count). The molecule has 120 valence electrons. The number of aromatic nitrogens is 1. The third kappa shape index (κ3) is 3.89. The van der Waals surface area contributed by atoms with Crippen LogP contribution in [0.2, 0.25) is 0 Å². The Bertz CT molecular complexity index is 860. The van der Waals surface area contributed by atoms with Crippen LogP contribution in [0.5, 0.6) is 5.75 Å². The van der Waals surface area contributed by atoms with E-state index in [-0.39, 0.29) is 5.78 Å². The van der Waals surface area contributed by atoms with Crippen molar-refractivity contribution in [3.63, 3.8) is 0 Å². The topological polar surface area (TPSA) is 39.2 Å². The van der Waals surface area contributed by atoms with E-state index in [0.717, 1.165) is 5.56 Å². The largest absolute Gasteiger partial charge is 0.489 e. The fraction of sp³-hybridized carbons (Fsp3) is 0.100.